The summed E-state index contributed by atoms with van der Waals surface area (Å²) in [5, 5.41) is 0. The number of hydrogen-bond donors (Lipinski definition) is 0. The van der Waals surface area contributed by atoms with Gasteiger partial charge in [-0.3, -0.25) is 4.90 Å². The quantitative estimate of drug-likeness (QED) is 0.777. The Morgan fingerprint density at radius 3 is 2.46 bits per heavy atom. The van der Waals surface area contributed by atoms with Crippen molar-refractivity contribution in [1.29, 1.82) is 0 Å². The van der Waals surface area contributed by atoms with Gasteiger partial charge in [0.1, 0.15) is 5.82 Å². The Morgan fingerprint density at radius 1 is 1.08 bits per heavy atom. The van der Waals surface area contributed by atoms with Crippen molar-refractivity contribution >= 4 is 21.6 Å². The number of carbonyl (C=O) groups excluding carboxylic acids is 1. The number of sulfone groups is 1. The molecule has 2 amide bonds. The Morgan fingerprint density at radius 2 is 1.77 bits per heavy atom. The van der Waals surface area contributed by atoms with E-state index in [2.05, 4.69) is 0 Å². The molecule has 5 nitrogen and oxygen atoms in total. The fraction of sp³-hybridized carbons (Fsp3) is 0.316. The van der Waals surface area contributed by atoms with Crippen molar-refractivity contribution in [2.75, 3.05) is 16.4 Å². The monoisotopic (exact) mass is 374 g/mol. The molecule has 136 valence electrons. The SMILES string of the molecule is Cc1cccc(CN2C(=O)N(c3ccc(F)cc3)[C@@H]3CS(=O)(=O)C[C@@H]32)c1. The zero-order chi connectivity index (χ0) is 18.5. The summed E-state index contributed by atoms with van der Waals surface area (Å²) in [6, 6.07) is 12.4. The first-order valence-electron chi connectivity index (χ1n) is 8.45. The average Bonchev–Trinajstić information content (AvgIpc) is 3.00. The van der Waals surface area contributed by atoms with Gasteiger partial charge in [-0.2, -0.15) is 0 Å². The standard InChI is InChI=1S/C19H19FN2O3S/c1-13-3-2-4-14(9-13)10-21-17-11-26(24,25)12-18(17)22(19(21)23)16-7-5-15(20)6-8-16/h2-9,17-18H,10-12H2,1H3/t17-,18+/m0/s1. The highest BCUT2D eigenvalue weighted by Gasteiger charge is 2.53. The number of amides is 2. The molecule has 2 fully saturated rings. The Balaban J connectivity index is 1.70. The van der Waals surface area contributed by atoms with Gasteiger partial charge in [0.05, 0.1) is 23.6 Å². The molecule has 2 heterocycles. The van der Waals surface area contributed by atoms with E-state index in [-0.39, 0.29) is 17.5 Å². The molecule has 2 aromatic carbocycles. The van der Waals surface area contributed by atoms with Crippen LogP contribution < -0.4 is 4.90 Å². The average molecular weight is 374 g/mol. The van der Waals surface area contributed by atoms with Crippen molar-refractivity contribution in [2.24, 2.45) is 0 Å². The number of nitrogens with zero attached hydrogens (tertiary/aromatic N) is 2. The predicted octanol–water partition coefficient (Wildman–Crippen LogP) is 2.74. The van der Waals surface area contributed by atoms with Crippen LogP contribution in [0, 0.1) is 12.7 Å². The number of aryl methyl sites for hydroxylation is 1. The maximum atomic E-state index is 13.3. The molecule has 0 spiro atoms. The van der Waals surface area contributed by atoms with Crippen molar-refractivity contribution in [3.05, 3.63) is 65.5 Å². The van der Waals surface area contributed by atoms with Crippen molar-refractivity contribution < 1.29 is 17.6 Å². The Kier molecular flexibility index (Phi) is 3.99. The summed E-state index contributed by atoms with van der Waals surface area (Å²) in [5.41, 5.74) is 2.57. The molecule has 4 rings (SSSR count). The minimum absolute atomic E-state index is 0.0348. The number of benzene rings is 2. The maximum Gasteiger partial charge on any atom is 0.325 e. The van der Waals surface area contributed by atoms with Crippen LogP contribution >= 0.6 is 0 Å². The lowest BCUT2D eigenvalue weighted by molar-refractivity contribution is 0.206. The molecule has 0 aromatic heterocycles. The van der Waals surface area contributed by atoms with E-state index in [4.69, 9.17) is 0 Å². The van der Waals surface area contributed by atoms with Gasteiger partial charge < -0.3 is 4.90 Å². The Bertz CT molecular complexity index is 959. The highest BCUT2D eigenvalue weighted by atomic mass is 32.2. The van der Waals surface area contributed by atoms with Gasteiger partial charge in [0.15, 0.2) is 9.84 Å². The number of anilines is 1. The van der Waals surface area contributed by atoms with Gasteiger partial charge in [-0.05, 0) is 36.8 Å². The summed E-state index contributed by atoms with van der Waals surface area (Å²) < 4.78 is 37.7. The molecule has 26 heavy (non-hydrogen) atoms. The van der Waals surface area contributed by atoms with Gasteiger partial charge in [0.25, 0.3) is 0 Å². The molecular weight excluding hydrogens is 355 g/mol. The second kappa shape index (κ2) is 6.09. The van der Waals surface area contributed by atoms with Gasteiger partial charge in [0, 0.05) is 12.2 Å². The maximum absolute atomic E-state index is 13.3. The van der Waals surface area contributed by atoms with Crippen LogP contribution in [0.5, 0.6) is 0 Å². The normalized spacial score (nSPS) is 24.2. The van der Waals surface area contributed by atoms with Gasteiger partial charge in [0.2, 0.25) is 0 Å². The summed E-state index contributed by atoms with van der Waals surface area (Å²) in [6.45, 7) is 2.33. The van der Waals surface area contributed by atoms with Gasteiger partial charge >= 0.3 is 6.03 Å². The van der Waals surface area contributed by atoms with E-state index >= 15 is 0 Å². The summed E-state index contributed by atoms with van der Waals surface area (Å²) >= 11 is 0. The molecule has 0 radical (unpaired) electrons. The third kappa shape index (κ3) is 2.96. The van der Waals surface area contributed by atoms with Crippen LogP contribution in [0.4, 0.5) is 14.9 Å². The van der Waals surface area contributed by atoms with Crippen LogP contribution in [0.25, 0.3) is 0 Å². The Hall–Kier alpha value is -2.41. The van der Waals surface area contributed by atoms with Crippen LogP contribution in [0.1, 0.15) is 11.1 Å². The number of urea groups is 1. The van der Waals surface area contributed by atoms with Crippen molar-refractivity contribution in [3.8, 4) is 0 Å². The third-order valence-corrected chi connectivity index (χ3v) is 6.72. The first kappa shape index (κ1) is 17.0. The second-order valence-corrected chi connectivity index (χ2v) is 9.11. The molecule has 0 bridgehead atoms. The molecule has 2 aliphatic rings. The van der Waals surface area contributed by atoms with Gasteiger partial charge in [-0.1, -0.05) is 29.8 Å². The smallest absolute Gasteiger partial charge is 0.314 e. The molecular formula is C19H19FN2O3S. The Labute approximate surface area is 152 Å². The fourth-order valence-corrected chi connectivity index (χ4v) is 5.82. The number of carbonyl (C=O) groups is 1. The van der Waals surface area contributed by atoms with Crippen molar-refractivity contribution in [1.82, 2.24) is 4.90 Å². The number of rotatable bonds is 3. The summed E-state index contributed by atoms with van der Waals surface area (Å²) in [4.78, 5) is 16.2. The van der Waals surface area contributed by atoms with Crippen molar-refractivity contribution in [2.45, 2.75) is 25.6 Å². The van der Waals surface area contributed by atoms with E-state index in [1.807, 2.05) is 31.2 Å². The number of halogens is 1. The largest absolute Gasteiger partial charge is 0.325 e. The van der Waals surface area contributed by atoms with E-state index < -0.39 is 27.7 Å². The van der Waals surface area contributed by atoms with Crippen molar-refractivity contribution in [3.63, 3.8) is 0 Å². The minimum atomic E-state index is -3.22. The molecule has 2 saturated heterocycles. The number of hydrogen-bond acceptors (Lipinski definition) is 3. The predicted molar refractivity (Wildman–Crippen MR) is 97.2 cm³/mol. The van der Waals surface area contributed by atoms with E-state index in [1.54, 1.807) is 4.90 Å². The van der Waals surface area contributed by atoms with Crippen LogP contribution in [0.3, 0.4) is 0 Å². The minimum Gasteiger partial charge on any atom is -0.314 e. The molecule has 0 unspecified atom stereocenters. The molecule has 2 atom stereocenters. The van der Waals surface area contributed by atoms with Crippen LogP contribution in [-0.2, 0) is 16.4 Å². The number of fused-ring (bicyclic) bond motifs is 1. The van der Waals surface area contributed by atoms with E-state index in [9.17, 15) is 17.6 Å². The molecule has 2 aliphatic heterocycles. The molecule has 2 aromatic rings. The molecule has 0 N–H and O–H groups in total. The lowest BCUT2D eigenvalue weighted by atomic mass is 10.1. The zero-order valence-electron chi connectivity index (χ0n) is 14.3. The van der Waals surface area contributed by atoms with Crippen LogP contribution in [-0.4, -0.2) is 42.9 Å². The first-order valence-corrected chi connectivity index (χ1v) is 10.3. The van der Waals surface area contributed by atoms with E-state index in [0.29, 0.717) is 12.2 Å². The van der Waals surface area contributed by atoms with Gasteiger partial charge in [-0.25, -0.2) is 17.6 Å². The third-order valence-electron chi connectivity index (χ3n) is 5.02. The molecule has 7 heteroatoms. The van der Waals surface area contributed by atoms with E-state index in [0.717, 1.165) is 11.1 Å². The summed E-state index contributed by atoms with van der Waals surface area (Å²) in [5.74, 6) is -0.495. The summed E-state index contributed by atoms with van der Waals surface area (Å²) in [6.07, 6.45) is 0. The topological polar surface area (TPSA) is 57.7 Å². The zero-order valence-corrected chi connectivity index (χ0v) is 15.1. The second-order valence-electron chi connectivity index (χ2n) is 6.96. The van der Waals surface area contributed by atoms with Gasteiger partial charge in [-0.15, -0.1) is 0 Å². The van der Waals surface area contributed by atoms with Crippen LogP contribution in [0.2, 0.25) is 0 Å². The highest BCUT2D eigenvalue weighted by molar-refractivity contribution is 7.91. The van der Waals surface area contributed by atoms with E-state index in [1.165, 1.54) is 29.2 Å². The fourth-order valence-electron chi connectivity index (χ4n) is 3.87. The highest BCUT2D eigenvalue weighted by Crippen LogP contribution is 2.36. The summed E-state index contributed by atoms with van der Waals surface area (Å²) in [7, 11) is -3.22. The van der Waals surface area contributed by atoms with Crippen LogP contribution in [0.15, 0.2) is 48.5 Å². The lowest BCUT2D eigenvalue weighted by Gasteiger charge is -2.22. The molecule has 0 saturated carbocycles. The lowest BCUT2D eigenvalue weighted by Crippen LogP contribution is -2.37. The molecule has 0 aliphatic carbocycles. The first-order chi connectivity index (χ1) is 12.3.